The van der Waals surface area contributed by atoms with Crippen molar-refractivity contribution < 1.29 is 23.9 Å². The van der Waals surface area contributed by atoms with Gasteiger partial charge in [0.2, 0.25) is 17.7 Å². The topological polar surface area (TPSA) is 130 Å². The number of phenols is 1. The normalized spacial score (nSPS) is 13.8. The number of aromatic hydroxyl groups is 1. The van der Waals surface area contributed by atoms with Crippen molar-refractivity contribution in [2.75, 3.05) is 14.1 Å². The summed E-state index contributed by atoms with van der Waals surface area (Å²) in [5.74, 6) is -1.92. The molecule has 0 fully saturated rings. The van der Waals surface area contributed by atoms with Gasteiger partial charge in [0.1, 0.15) is 23.7 Å². The van der Waals surface area contributed by atoms with Crippen molar-refractivity contribution in [3.05, 3.63) is 77.6 Å². The lowest BCUT2D eigenvalue weighted by Crippen LogP contribution is -2.56. The van der Waals surface area contributed by atoms with E-state index in [-0.39, 0.29) is 30.4 Å². The predicted octanol–water partition coefficient (Wildman–Crippen LogP) is 2.66. The minimum absolute atomic E-state index is 0.128. The van der Waals surface area contributed by atoms with Gasteiger partial charge >= 0.3 is 0 Å². The Bertz CT molecular complexity index is 1160. The minimum Gasteiger partial charge on any atom is -0.508 e. The third-order valence-electron chi connectivity index (χ3n) is 6.62. The third-order valence-corrected chi connectivity index (χ3v) is 6.62. The molecule has 2 aromatic carbocycles. The lowest BCUT2D eigenvalue weighted by Gasteiger charge is -2.34. The van der Waals surface area contributed by atoms with E-state index >= 15 is 0 Å². The second-order valence-corrected chi connectivity index (χ2v) is 10.6. The van der Waals surface area contributed by atoms with Gasteiger partial charge in [-0.1, -0.05) is 51.1 Å². The summed E-state index contributed by atoms with van der Waals surface area (Å²) < 4.78 is 13.2. The molecule has 0 saturated carbocycles. The fourth-order valence-corrected chi connectivity index (χ4v) is 4.31. The molecule has 0 spiro atoms. The second kappa shape index (κ2) is 12.7. The molecule has 0 aliphatic carbocycles. The Morgan fingerprint density at radius 2 is 1.53 bits per heavy atom. The first-order chi connectivity index (χ1) is 17.7. The van der Waals surface area contributed by atoms with E-state index in [0.29, 0.717) is 11.1 Å². The monoisotopic (exact) mass is 526 g/mol. The highest BCUT2D eigenvalue weighted by Gasteiger charge is 2.35. The zero-order valence-electron chi connectivity index (χ0n) is 22.8. The van der Waals surface area contributed by atoms with Gasteiger partial charge in [0.05, 0.1) is 6.04 Å². The van der Waals surface area contributed by atoms with Gasteiger partial charge in [0, 0.05) is 20.5 Å². The number of hydrogen-bond donors (Lipinski definition) is 3. The van der Waals surface area contributed by atoms with Crippen LogP contribution < -0.4 is 11.5 Å². The van der Waals surface area contributed by atoms with Crippen molar-refractivity contribution in [2.45, 2.75) is 63.6 Å². The van der Waals surface area contributed by atoms with Crippen LogP contribution in [0.5, 0.6) is 5.75 Å². The molecule has 2 rings (SSSR count). The van der Waals surface area contributed by atoms with E-state index in [1.54, 1.807) is 30.3 Å². The van der Waals surface area contributed by atoms with Crippen LogP contribution >= 0.6 is 0 Å². The van der Waals surface area contributed by atoms with Gasteiger partial charge in [-0.05, 0) is 53.1 Å². The molecule has 0 saturated heterocycles. The highest BCUT2D eigenvalue weighted by molar-refractivity contribution is 5.92. The molecule has 0 radical (unpaired) electrons. The average molecular weight is 527 g/mol. The molecular formula is C29H39FN4O4. The standard InChI is InChI=1S/C29H39FN4O4/c1-7-8-23(33(5)27(37)22(31)16-18-9-12-20(30)13-10-18)28(38)34(6)24(26(32)36)17-19-11-14-25(35)21(15-19)29(2,3)4/h7,9-15,22-24,35H,1,8,16-17,31H2,2-6H3,(H2,32,36)/t22-,23+,24-/m0/s1. The fraction of sp³-hybridized carbons (Fsp3) is 0.414. The van der Waals surface area contributed by atoms with Gasteiger partial charge in [-0.25, -0.2) is 4.39 Å². The zero-order valence-corrected chi connectivity index (χ0v) is 22.8. The van der Waals surface area contributed by atoms with Crippen molar-refractivity contribution in [1.82, 2.24) is 9.80 Å². The molecular weight excluding hydrogens is 487 g/mol. The Balaban J connectivity index is 2.25. The molecule has 0 unspecified atom stereocenters. The van der Waals surface area contributed by atoms with Crippen LogP contribution in [0, 0.1) is 5.82 Å². The summed E-state index contributed by atoms with van der Waals surface area (Å²) in [6, 6.07) is 7.80. The van der Waals surface area contributed by atoms with Gasteiger partial charge < -0.3 is 26.4 Å². The second-order valence-electron chi connectivity index (χ2n) is 10.6. The molecule has 0 aromatic heterocycles. The fourth-order valence-electron chi connectivity index (χ4n) is 4.31. The molecule has 8 nitrogen and oxygen atoms in total. The number of nitrogens with zero attached hydrogens (tertiary/aromatic N) is 2. The molecule has 0 bridgehead atoms. The Kier molecular flexibility index (Phi) is 10.2. The molecule has 0 heterocycles. The highest BCUT2D eigenvalue weighted by atomic mass is 19.1. The van der Waals surface area contributed by atoms with Gasteiger partial charge in [0.25, 0.3) is 0 Å². The number of benzene rings is 2. The summed E-state index contributed by atoms with van der Waals surface area (Å²) in [5.41, 5.74) is 13.6. The molecule has 0 aliphatic rings. The lowest BCUT2D eigenvalue weighted by atomic mass is 9.84. The Hall–Kier alpha value is -3.72. The number of hydrogen-bond acceptors (Lipinski definition) is 5. The summed E-state index contributed by atoms with van der Waals surface area (Å²) in [6.45, 7) is 9.58. The van der Waals surface area contributed by atoms with Gasteiger partial charge in [0.15, 0.2) is 0 Å². The highest BCUT2D eigenvalue weighted by Crippen LogP contribution is 2.31. The number of nitrogens with two attached hydrogens (primary N) is 2. The van der Waals surface area contributed by atoms with Crippen LogP contribution in [-0.4, -0.2) is 64.8 Å². The van der Waals surface area contributed by atoms with E-state index in [9.17, 15) is 23.9 Å². The van der Waals surface area contributed by atoms with E-state index in [2.05, 4.69) is 6.58 Å². The smallest absolute Gasteiger partial charge is 0.246 e. The first kappa shape index (κ1) is 30.5. The van der Waals surface area contributed by atoms with Crippen LogP contribution in [0.4, 0.5) is 4.39 Å². The van der Waals surface area contributed by atoms with E-state index < -0.39 is 41.7 Å². The third kappa shape index (κ3) is 7.64. The summed E-state index contributed by atoms with van der Waals surface area (Å²) in [4.78, 5) is 41.6. The number of carbonyl (C=O) groups excluding carboxylic acids is 3. The molecule has 2 aromatic rings. The van der Waals surface area contributed by atoms with E-state index in [4.69, 9.17) is 11.5 Å². The molecule has 206 valence electrons. The van der Waals surface area contributed by atoms with Crippen LogP contribution in [-0.2, 0) is 32.6 Å². The summed E-state index contributed by atoms with van der Waals surface area (Å²) in [7, 11) is 2.94. The van der Waals surface area contributed by atoms with Crippen LogP contribution in [0.1, 0.15) is 43.9 Å². The summed E-state index contributed by atoms with van der Waals surface area (Å²) in [6.07, 6.45) is 1.94. The number of primary amides is 1. The number of carbonyl (C=O) groups is 3. The van der Waals surface area contributed by atoms with Gasteiger partial charge in [-0.3, -0.25) is 14.4 Å². The molecule has 9 heteroatoms. The molecule has 0 aliphatic heterocycles. The Morgan fingerprint density at radius 3 is 2.05 bits per heavy atom. The van der Waals surface area contributed by atoms with Crippen molar-refractivity contribution in [3.63, 3.8) is 0 Å². The molecule has 38 heavy (non-hydrogen) atoms. The first-order valence-corrected chi connectivity index (χ1v) is 12.4. The number of amides is 3. The first-order valence-electron chi connectivity index (χ1n) is 12.4. The quantitative estimate of drug-likeness (QED) is 0.388. The lowest BCUT2D eigenvalue weighted by molar-refractivity contribution is -0.147. The SMILES string of the molecule is C=CC[C@H](C(=O)N(C)[C@@H](Cc1ccc(O)c(C(C)(C)C)c1)C(N)=O)N(C)C(=O)[C@@H](N)Cc1ccc(F)cc1. The molecule has 5 N–H and O–H groups in total. The Morgan fingerprint density at radius 1 is 0.974 bits per heavy atom. The maximum atomic E-state index is 13.6. The van der Waals surface area contributed by atoms with Crippen molar-refractivity contribution in [3.8, 4) is 5.75 Å². The van der Waals surface area contributed by atoms with Crippen molar-refractivity contribution >= 4 is 17.7 Å². The summed E-state index contributed by atoms with van der Waals surface area (Å²) in [5, 5.41) is 10.3. The van der Waals surface area contributed by atoms with Crippen molar-refractivity contribution in [2.24, 2.45) is 11.5 Å². The van der Waals surface area contributed by atoms with Crippen molar-refractivity contribution in [1.29, 1.82) is 0 Å². The summed E-state index contributed by atoms with van der Waals surface area (Å²) >= 11 is 0. The van der Waals surface area contributed by atoms with E-state index in [1.807, 2.05) is 20.8 Å². The maximum absolute atomic E-state index is 13.6. The average Bonchev–Trinajstić information content (AvgIpc) is 2.85. The van der Waals surface area contributed by atoms with Crippen LogP contribution in [0.25, 0.3) is 0 Å². The van der Waals surface area contributed by atoms with Gasteiger partial charge in [-0.15, -0.1) is 6.58 Å². The minimum atomic E-state index is -0.997. The maximum Gasteiger partial charge on any atom is 0.246 e. The Labute approximate surface area is 224 Å². The number of phenolic OH excluding ortho intramolecular Hbond substituents is 1. The van der Waals surface area contributed by atoms with E-state index in [1.165, 1.54) is 42.1 Å². The van der Waals surface area contributed by atoms with Crippen LogP contribution in [0.15, 0.2) is 55.1 Å². The largest absolute Gasteiger partial charge is 0.508 e. The van der Waals surface area contributed by atoms with Crippen LogP contribution in [0.3, 0.4) is 0 Å². The predicted molar refractivity (Wildman–Crippen MR) is 146 cm³/mol. The van der Waals surface area contributed by atoms with E-state index in [0.717, 1.165) is 5.56 Å². The number of rotatable bonds is 11. The zero-order chi connectivity index (χ0) is 28.8. The molecule has 3 atom stereocenters. The van der Waals surface area contributed by atoms with Crippen LogP contribution in [0.2, 0.25) is 0 Å². The number of halogens is 1. The number of likely N-dealkylation sites (N-methyl/N-ethyl adjacent to an activating group) is 2. The van der Waals surface area contributed by atoms with Gasteiger partial charge in [-0.2, -0.15) is 0 Å². The molecule has 3 amide bonds.